The lowest BCUT2D eigenvalue weighted by molar-refractivity contribution is -0.123. The number of hydrogen-bond donors (Lipinski definition) is 2. The fourth-order valence-corrected chi connectivity index (χ4v) is 2.15. The molecule has 0 aliphatic carbocycles. The molecule has 24 heavy (non-hydrogen) atoms. The fraction of sp³-hybridized carbons (Fsp3) is 0.176. The number of para-hydroxylation sites is 3. The maximum atomic E-state index is 12.2. The quantitative estimate of drug-likeness (QED) is 0.640. The van der Waals surface area contributed by atoms with Crippen molar-refractivity contribution in [3.05, 3.63) is 53.1 Å². The molecule has 0 bridgehead atoms. The number of nitrogen functional groups attached to an aromatic ring is 1. The van der Waals surface area contributed by atoms with Crippen molar-refractivity contribution < 1.29 is 19.1 Å². The predicted molar refractivity (Wildman–Crippen MR) is 92.4 cm³/mol. The number of nitrogens with two attached hydrogens (primary N) is 1. The zero-order valence-electron chi connectivity index (χ0n) is 13.2. The van der Waals surface area contributed by atoms with Crippen LogP contribution in [-0.2, 0) is 9.53 Å². The van der Waals surface area contributed by atoms with E-state index in [0.717, 1.165) is 0 Å². The highest BCUT2D eigenvalue weighted by Crippen LogP contribution is 2.25. The number of halogens is 1. The van der Waals surface area contributed by atoms with Crippen LogP contribution in [0.5, 0.6) is 5.75 Å². The molecular weight excluding hydrogens is 332 g/mol. The van der Waals surface area contributed by atoms with Crippen LogP contribution in [0.15, 0.2) is 42.5 Å². The lowest BCUT2D eigenvalue weighted by Gasteiger charge is -2.15. The van der Waals surface area contributed by atoms with E-state index in [1.54, 1.807) is 36.4 Å². The summed E-state index contributed by atoms with van der Waals surface area (Å²) in [6, 6.07) is 11.5. The Hall–Kier alpha value is -2.73. The van der Waals surface area contributed by atoms with Gasteiger partial charge in [-0.2, -0.15) is 0 Å². The molecule has 0 aliphatic rings. The monoisotopic (exact) mass is 348 g/mol. The standard InChI is InChI=1S/C17H17ClN2O4/c1-10(16(21)20-13-8-3-4-9-14(13)23-2)24-17(22)11-6-5-7-12(18)15(11)19/h3-10H,19H2,1-2H3,(H,20,21)/t10-/m0/s1. The molecule has 0 saturated heterocycles. The van der Waals surface area contributed by atoms with Gasteiger partial charge in [0.15, 0.2) is 6.10 Å². The zero-order valence-corrected chi connectivity index (χ0v) is 14.0. The number of methoxy groups -OCH3 is 1. The van der Waals surface area contributed by atoms with Crippen molar-refractivity contribution in [2.24, 2.45) is 0 Å². The average Bonchev–Trinajstić information content (AvgIpc) is 2.57. The second-order valence-electron chi connectivity index (χ2n) is 4.94. The third-order valence-electron chi connectivity index (χ3n) is 3.29. The predicted octanol–water partition coefficient (Wildman–Crippen LogP) is 3.11. The van der Waals surface area contributed by atoms with Crippen molar-refractivity contribution in [2.45, 2.75) is 13.0 Å². The van der Waals surface area contributed by atoms with Gasteiger partial charge >= 0.3 is 5.97 Å². The van der Waals surface area contributed by atoms with Gasteiger partial charge in [0.2, 0.25) is 0 Å². The molecule has 126 valence electrons. The molecular formula is C17H17ClN2O4. The molecule has 6 nitrogen and oxygen atoms in total. The summed E-state index contributed by atoms with van der Waals surface area (Å²) in [5, 5.41) is 2.89. The number of anilines is 2. The molecule has 0 fully saturated rings. The Bertz CT molecular complexity index is 764. The summed E-state index contributed by atoms with van der Waals surface area (Å²) < 4.78 is 10.3. The van der Waals surface area contributed by atoms with Crippen LogP contribution in [0, 0.1) is 0 Å². The van der Waals surface area contributed by atoms with Crippen molar-refractivity contribution in [2.75, 3.05) is 18.2 Å². The van der Waals surface area contributed by atoms with E-state index in [4.69, 9.17) is 26.8 Å². The molecule has 2 rings (SSSR count). The van der Waals surface area contributed by atoms with Gasteiger partial charge in [-0.05, 0) is 31.2 Å². The molecule has 3 N–H and O–H groups in total. The minimum Gasteiger partial charge on any atom is -0.495 e. The Balaban J connectivity index is 2.06. The normalized spacial score (nSPS) is 11.5. The van der Waals surface area contributed by atoms with E-state index in [1.165, 1.54) is 20.1 Å². The Labute approximate surface area is 144 Å². The number of rotatable bonds is 5. The third-order valence-corrected chi connectivity index (χ3v) is 3.62. The Morgan fingerprint density at radius 2 is 1.88 bits per heavy atom. The van der Waals surface area contributed by atoms with E-state index in [2.05, 4.69) is 5.32 Å². The summed E-state index contributed by atoms with van der Waals surface area (Å²) in [6.07, 6.45) is -1.03. The molecule has 0 heterocycles. The highest BCUT2D eigenvalue weighted by Gasteiger charge is 2.21. The lowest BCUT2D eigenvalue weighted by atomic mass is 10.2. The van der Waals surface area contributed by atoms with Gasteiger partial charge in [-0.15, -0.1) is 0 Å². The van der Waals surface area contributed by atoms with E-state index in [0.29, 0.717) is 11.4 Å². The SMILES string of the molecule is COc1ccccc1NC(=O)[C@H](C)OC(=O)c1cccc(Cl)c1N. The summed E-state index contributed by atoms with van der Waals surface area (Å²) in [5.74, 6) is -0.713. The van der Waals surface area contributed by atoms with Crippen LogP contribution in [0.2, 0.25) is 5.02 Å². The molecule has 2 aromatic carbocycles. The maximum absolute atomic E-state index is 12.2. The van der Waals surface area contributed by atoms with Crippen molar-refractivity contribution in [1.29, 1.82) is 0 Å². The number of carbonyl (C=O) groups excluding carboxylic acids is 2. The number of benzene rings is 2. The first kappa shape index (κ1) is 17.6. The Morgan fingerprint density at radius 3 is 2.58 bits per heavy atom. The molecule has 1 amide bonds. The number of nitrogens with one attached hydrogen (secondary N) is 1. The lowest BCUT2D eigenvalue weighted by Crippen LogP contribution is -2.30. The van der Waals surface area contributed by atoms with Gasteiger partial charge in [0.1, 0.15) is 5.75 Å². The second kappa shape index (κ2) is 7.70. The fourth-order valence-electron chi connectivity index (χ4n) is 1.97. The van der Waals surface area contributed by atoms with Crippen LogP contribution in [0.25, 0.3) is 0 Å². The molecule has 2 aromatic rings. The van der Waals surface area contributed by atoms with Gasteiger partial charge in [-0.25, -0.2) is 4.79 Å². The zero-order chi connectivity index (χ0) is 17.7. The van der Waals surface area contributed by atoms with Gasteiger partial charge in [0.05, 0.1) is 29.1 Å². The summed E-state index contributed by atoms with van der Waals surface area (Å²) in [7, 11) is 1.50. The minimum atomic E-state index is -1.03. The molecule has 0 saturated carbocycles. The number of hydrogen-bond acceptors (Lipinski definition) is 5. The van der Waals surface area contributed by atoms with Crippen LogP contribution in [0.1, 0.15) is 17.3 Å². The number of carbonyl (C=O) groups is 2. The first-order valence-corrected chi connectivity index (χ1v) is 7.50. The van der Waals surface area contributed by atoms with Crippen LogP contribution < -0.4 is 15.8 Å². The average molecular weight is 349 g/mol. The molecule has 0 aliphatic heterocycles. The summed E-state index contributed by atoms with van der Waals surface area (Å²) >= 11 is 5.87. The summed E-state index contributed by atoms with van der Waals surface area (Å²) in [5.41, 5.74) is 6.45. The Morgan fingerprint density at radius 1 is 1.17 bits per heavy atom. The van der Waals surface area contributed by atoms with E-state index in [9.17, 15) is 9.59 Å². The van der Waals surface area contributed by atoms with E-state index < -0.39 is 18.0 Å². The number of amides is 1. The number of ether oxygens (including phenoxy) is 2. The number of esters is 1. The highest BCUT2D eigenvalue weighted by atomic mass is 35.5. The molecule has 1 atom stereocenters. The van der Waals surface area contributed by atoms with Gasteiger partial charge in [0.25, 0.3) is 5.91 Å². The van der Waals surface area contributed by atoms with Crippen molar-refractivity contribution >= 4 is 34.9 Å². The first-order chi connectivity index (χ1) is 11.4. The van der Waals surface area contributed by atoms with Gasteiger partial charge < -0.3 is 20.5 Å². The van der Waals surface area contributed by atoms with E-state index >= 15 is 0 Å². The molecule has 7 heteroatoms. The van der Waals surface area contributed by atoms with Crippen LogP contribution in [0.3, 0.4) is 0 Å². The first-order valence-electron chi connectivity index (χ1n) is 7.13. The minimum absolute atomic E-state index is 0.111. The van der Waals surface area contributed by atoms with Gasteiger partial charge in [-0.3, -0.25) is 4.79 Å². The van der Waals surface area contributed by atoms with Gasteiger partial charge in [0, 0.05) is 0 Å². The molecule has 0 radical (unpaired) electrons. The van der Waals surface area contributed by atoms with Crippen LogP contribution in [-0.4, -0.2) is 25.1 Å². The van der Waals surface area contributed by atoms with E-state index in [1.807, 2.05) is 0 Å². The van der Waals surface area contributed by atoms with Crippen molar-refractivity contribution in [1.82, 2.24) is 0 Å². The molecule has 0 spiro atoms. The third kappa shape index (κ3) is 3.97. The van der Waals surface area contributed by atoms with Crippen LogP contribution >= 0.6 is 11.6 Å². The van der Waals surface area contributed by atoms with Crippen LogP contribution in [0.4, 0.5) is 11.4 Å². The van der Waals surface area contributed by atoms with Gasteiger partial charge in [-0.1, -0.05) is 29.8 Å². The van der Waals surface area contributed by atoms with Crippen molar-refractivity contribution in [3.8, 4) is 5.75 Å². The van der Waals surface area contributed by atoms with Crippen molar-refractivity contribution in [3.63, 3.8) is 0 Å². The topological polar surface area (TPSA) is 90.6 Å². The summed E-state index contributed by atoms with van der Waals surface area (Å²) in [6.45, 7) is 1.46. The Kier molecular flexibility index (Phi) is 5.65. The second-order valence-corrected chi connectivity index (χ2v) is 5.35. The molecule has 0 aromatic heterocycles. The smallest absolute Gasteiger partial charge is 0.341 e. The highest BCUT2D eigenvalue weighted by molar-refractivity contribution is 6.33. The van der Waals surface area contributed by atoms with E-state index in [-0.39, 0.29) is 16.3 Å². The summed E-state index contributed by atoms with van der Waals surface area (Å²) in [4.78, 5) is 24.3. The molecule has 0 unspecified atom stereocenters. The largest absolute Gasteiger partial charge is 0.495 e. The maximum Gasteiger partial charge on any atom is 0.341 e.